The van der Waals surface area contributed by atoms with Gasteiger partial charge in [0.15, 0.2) is 6.10 Å². The van der Waals surface area contributed by atoms with Gasteiger partial charge in [-0.05, 0) is 49.1 Å². The summed E-state index contributed by atoms with van der Waals surface area (Å²) in [5.41, 5.74) is 2.44. The van der Waals surface area contributed by atoms with Crippen molar-refractivity contribution in [2.75, 3.05) is 6.61 Å². The molecule has 0 spiro atoms. The number of nitrogens with zero attached hydrogens (tertiary/aromatic N) is 1. The number of ether oxygens (including phenoxy) is 3. The molecule has 0 aliphatic carbocycles. The second-order valence-electron chi connectivity index (χ2n) is 9.03. The molecule has 0 radical (unpaired) electrons. The summed E-state index contributed by atoms with van der Waals surface area (Å²) in [5.74, 6) is -0.0797. The number of cyclic esters (lactones) is 1. The van der Waals surface area contributed by atoms with Crippen LogP contribution < -0.4 is 4.74 Å². The number of hydrogen-bond acceptors (Lipinski definition) is 6. The Kier molecular flexibility index (Phi) is 8.36. The van der Waals surface area contributed by atoms with E-state index in [0.29, 0.717) is 24.3 Å². The van der Waals surface area contributed by atoms with E-state index in [1.54, 1.807) is 38.1 Å². The molecule has 0 saturated carbocycles. The number of aliphatic hydroxyl groups is 1. The zero-order valence-corrected chi connectivity index (χ0v) is 20.4. The molecule has 1 aliphatic rings. The number of aliphatic hydroxyl groups excluding tert-OH is 1. The SMILES string of the molecule is CC(C)OC(C(=O)N1C(=O)OC[C@@H]1Cc1ccccc1)C(O)c1cccc(OCc2ccccc2)c1. The summed E-state index contributed by atoms with van der Waals surface area (Å²) in [6.07, 6.45) is -3.25. The highest BCUT2D eigenvalue weighted by atomic mass is 16.6. The zero-order valence-electron chi connectivity index (χ0n) is 20.4. The van der Waals surface area contributed by atoms with Crippen molar-refractivity contribution in [1.82, 2.24) is 4.90 Å². The van der Waals surface area contributed by atoms with Crippen molar-refractivity contribution in [3.63, 3.8) is 0 Å². The minimum Gasteiger partial charge on any atom is -0.489 e. The van der Waals surface area contributed by atoms with Gasteiger partial charge in [-0.25, -0.2) is 9.69 Å². The first-order chi connectivity index (χ1) is 17.4. The molecule has 3 atom stereocenters. The maximum atomic E-state index is 13.6. The average Bonchev–Trinajstić information content (AvgIpc) is 3.26. The van der Waals surface area contributed by atoms with Crippen LogP contribution >= 0.6 is 0 Å². The van der Waals surface area contributed by atoms with E-state index in [9.17, 15) is 14.7 Å². The van der Waals surface area contributed by atoms with Crippen LogP contribution in [0.4, 0.5) is 4.79 Å². The monoisotopic (exact) mass is 489 g/mol. The van der Waals surface area contributed by atoms with E-state index in [-0.39, 0.29) is 12.7 Å². The topological polar surface area (TPSA) is 85.3 Å². The Morgan fingerprint density at radius 3 is 2.33 bits per heavy atom. The summed E-state index contributed by atoms with van der Waals surface area (Å²) in [7, 11) is 0. The van der Waals surface area contributed by atoms with Crippen molar-refractivity contribution < 1.29 is 28.9 Å². The Morgan fingerprint density at radius 2 is 1.67 bits per heavy atom. The van der Waals surface area contributed by atoms with Crippen molar-refractivity contribution in [1.29, 1.82) is 0 Å². The third-order valence-corrected chi connectivity index (χ3v) is 5.91. The van der Waals surface area contributed by atoms with Crippen molar-refractivity contribution in [3.05, 3.63) is 102 Å². The van der Waals surface area contributed by atoms with Gasteiger partial charge in [0.1, 0.15) is 25.1 Å². The smallest absolute Gasteiger partial charge is 0.417 e. The Morgan fingerprint density at radius 1 is 1.00 bits per heavy atom. The van der Waals surface area contributed by atoms with Gasteiger partial charge in [0.05, 0.1) is 12.1 Å². The summed E-state index contributed by atoms with van der Waals surface area (Å²) < 4.78 is 17.0. The van der Waals surface area contributed by atoms with E-state index >= 15 is 0 Å². The van der Waals surface area contributed by atoms with Gasteiger partial charge in [-0.15, -0.1) is 0 Å². The Hall–Kier alpha value is -3.68. The van der Waals surface area contributed by atoms with E-state index in [0.717, 1.165) is 16.0 Å². The Bertz CT molecular complexity index is 1150. The molecule has 7 nitrogen and oxygen atoms in total. The standard InChI is InChI=1S/C29H31NO6/c1-20(2)36-27(28(32)30-24(19-35-29(30)33)16-21-10-5-3-6-11-21)26(31)23-14-9-15-25(17-23)34-18-22-12-7-4-8-13-22/h3-15,17,20,24,26-27,31H,16,18-19H2,1-2H3/t24-,26?,27?/m0/s1. The zero-order chi connectivity index (χ0) is 25.5. The van der Waals surface area contributed by atoms with Gasteiger partial charge >= 0.3 is 6.09 Å². The second kappa shape index (κ2) is 11.8. The molecule has 2 unspecified atom stereocenters. The molecule has 1 N–H and O–H groups in total. The number of imide groups is 1. The summed E-state index contributed by atoms with van der Waals surface area (Å²) in [6, 6.07) is 25.7. The lowest BCUT2D eigenvalue weighted by Gasteiger charge is -2.29. The van der Waals surface area contributed by atoms with Gasteiger partial charge in [0, 0.05) is 0 Å². The average molecular weight is 490 g/mol. The largest absolute Gasteiger partial charge is 0.489 e. The molecule has 3 aromatic rings. The molecule has 188 valence electrons. The lowest BCUT2D eigenvalue weighted by Crippen LogP contribution is -2.49. The van der Waals surface area contributed by atoms with Gasteiger partial charge in [-0.3, -0.25) is 4.79 Å². The molecule has 36 heavy (non-hydrogen) atoms. The van der Waals surface area contributed by atoms with Crippen LogP contribution in [-0.4, -0.2) is 46.9 Å². The highest BCUT2D eigenvalue weighted by molar-refractivity contribution is 5.96. The molecular formula is C29H31NO6. The third-order valence-electron chi connectivity index (χ3n) is 5.91. The summed E-state index contributed by atoms with van der Waals surface area (Å²) in [4.78, 5) is 27.3. The second-order valence-corrected chi connectivity index (χ2v) is 9.03. The first-order valence-electron chi connectivity index (χ1n) is 12.1. The number of rotatable bonds is 10. The Balaban J connectivity index is 1.52. The molecule has 7 heteroatoms. The van der Waals surface area contributed by atoms with Gasteiger partial charge in [-0.2, -0.15) is 0 Å². The fraction of sp³-hybridized carbons (Fsp3) is 0.310. The lowest BCUT2D eigenvalue weighted by molar-refractivity contribution is -0.154. The first kappa shape index (κ1) is 25.4. The molecule has 3 aromatic carbocycles. The number of amides is 2. The van der Waals surface area contributed by atoms with Crippen LogP contribution in [0.5, 0.6) is 5.75 Å². The van der Waals surface area contributed by atoms with Crippen LogP contribution in [0.3, 0.4) is 0 Å². The molecule has 1 aliphatic heterocycles. The van der Waals surface area contributed by atoms with E-state index in [2.05, 4.69) is 0 Å². The maximum Gasteiger partial charge on any atom is 0.417 e. The number of carbonyl (C=O) groups is 2. The van der Waals surface area contributed by atoms with Crippen LogP contribution in [0, 0.1) is 0 Å². The van der Waals surface area contributed by atoms with E-state index < -0.39 is 30.3 Å². The minimum absolute atomic E-state index is 0.0901. The summed E-state index contributed by atoms with van der Waals surface area (Å²) >= 11 is 0. The van der Waals surface area contributed by atoms with Crippen molar-refractivity contribution in [2.24, 2.45) is 0 Å². The van der Waals surface area contributed by atoms with Crippen LogP contribution in [-0.2, 0) is 27.3 Å². The predicted molar refractivity (Wildman–Crippen MR) is 134 cm³/mol. The van der Waals surface area contributed by atoms with Crippen molar-refractivity contribution >= 4 is 12.0 Å². The van der Waals surface area contributed by atoms with Crippen molar-refractivity contribution in [2.45, 2.75) is 51.2 Å². The number of hydrogen-bond donors (Lipinski definition) is 1. The summed E-state index contributed by atoms with van der Waals surface area (Å²) in [5, 5.41) is 11.3. The normalized spacial score (nSPS) is 17.1. The van der Waals surface area contributed by atoms with Gasteiger partial charge in [0.2, 0.25) is 0 Å². The predicted octanol–water partition coefficient (Wildman–Crippen LogP) is 4.68. The van der Waals surface area contributed by atoms with Gasteiger partial charge < -0.3 is 19.3 Å². The quantitative estimate of drug-likeness (QED) is 0.445. The van der Waals surface area contributed by atoms with Crippen LogP contribution in [0.1, 0.15) is 36.6 Å². The number of carbonyl (C=O) groups excluding carboxylic acids is 2. The van der Waals surface area contributed by atoms with Crippen LogP contribution in [0.25, 0.3) is 0 Å². The third kappa shape index (κ3) is 6.30. The van der Waals surface area contributed by atoms with Crippen molar-refractivity contribution in [3.8, 4) is 5.75 Å². The van der Waals surface area contributed by atoms with Gasteiger partial charge in [-0.1, -0.05) is 72.8 Å². The molecule has 0 bridgehead atoms. The van der Waals surface area contributed by atoms with E-state index in [4.69, 9.17) is 14.2 Å². The number of benzene rings is 3. The van der Waals surface area contributed by atoms with E-state index in [1.165, 1.54) is 0 Å². The van der Waals surface area contributed by atoms with Crippen LogP contribution in [0.2, 0.25) is 0 Å². The molecule has 0 aromatic heterocycles. The first-order valence-corrected chi connectivity index (χ1v) is 12.1. The minimum atomic E-state index is -1.31. The maximum absolute atomic E-state index is 13.6. The Labute approximate surface area is 211 Å². The molecular weight excluding hydrogens is 458 g/mol. The van der Waals surface area contributed by atoms with Gasteiger partial charge in [0.25, 0.3) is 5.91 Å². The molecule has 4 rings (SSSR count). The molecule has 1 saturated heterocycles. The molecule has 2 amide bonds. The highest BCUT2D eigenvalue weighted by Gasteiger charge is 2.44. The molecule has 1 heterocycles. The highest BCUT2D eigenvalue weighted by Crippen LogP contribution is 2.28. The fourth-order valence-corrected chi connectivity index (χ4v) is 4.17. The summed E-state index contributed by atoms with van der Waals surface area (Å²) in [6.45, 7) is 4.01. The lowest BCUT2D eigenvalue weighted by atomic mass is 10.0. The molecule has 1 fully saturated rings. The fourth-order valence-electron chi connectivity index (χ4n) is 4.17. The van der Waals surface area contributed by atoms with E-state index in [1.807, 2.05) is 60.7 Å². The van der Waals surface area contributed by atoms with Crippen LogP contribution in [0.15, 0.2) is 84.9 Å².